The first-order chi connectivity index (χ1) is 14.9. The molecule has 0 fully saturated rings. The van der Waals surface area contributed by atoms with Crippen molar-refractivity contribution < 1.29 is 9.21 Å². The SMILES string of the molecule is Cc1ccc(Cl)cc1-n1c(C)c(C)c2c(=O)n(CCC(=O)NCc3ccco3)cnc21. The van der Waals surface area contributed by atoms with Crippen LogP contribution in [0.2, 0.25) is 5.02 Å². The summed E-state index contributed by atoms with van der Waals surface area (Å²) in [6, 6.07) is 9.22. The van der Waals surface area contributed by atoms with Crippen LogP contribution in [0.25, 0.3) is 16.7 Å². The lowest BCUT2D eigenvalue weighted by Crippen LogP contribution is -2.27. The number of carbonyl (C=O) groups excluding carboxylic acids is 1. The normalized spacial score (nSPS) is 11.2. The standard InChI is InChI=1S/C23H23ClN4O3/c1-14-6-7-17(24)11-19(14)28-16(3)15(2)21-22(28)26-13-27(23(21)30)9-8-20(29)25-12-18-5-4-10-31-18/h4-7,10-11,13H,8-9,12H2,1-3H3,(H,25,29). The third-order valence-electron chi connectivity index (χ3n) is 5.51. The van der Waals surface area contributed by atoms with Crippen LogP contribution in [0.1, 0.15) is 29.0 Å². The van der Waals surface area contributed by atoms with E-state index in [1.165, 1.54) is 10.9 Å². The Hall–Kier alpha value is -3.32. The van der Waals surface area contributed by atoms with Gasteiger partial charge in [-0.1, -0.05) is 17.7 Å². The summed E-state index contributed by atoms with van der Waals surface area (Å²) in [5, 5.41) is 3.95. The molecule has 0 aliphatic rings. The summed E-state index contributed by atoms with van der Waals surface area (Å²) in [4.78, 5) is 29.9. The van der Waals surface area contributed by atoms with Gasteiger partial charge in [0.15, 0.2) is 5.65 Å². The molecule has 4 rings (SSSR count). The maximum atomic E-state index is 13.2. The van der Waals surface area contributed by atoms with Crippen molar-refractivity contribution in [2.24, 2.45) is 0 Å². The summed E-state index contributed by atoms with van der Waals surface area (Å²) in [5.74, 6) is 0.515. The number of aromatic nitrogens is 3. The van der Waals surface area contributed by atoms with Crippen molar-refractivity contribution in [2.75, 3.05) is 0 Å². The largest absolute Gasteiger partial charge is 0.467 e. The first-order valence-corrected chi connectivity index (χ1v) is 10.4. The molecule has 3 aromatic heterocycles. The number of fused-ring (bicyclic) bond motifs is 1. The van der Waals surface area contributed by atoms with Gasteiger partial charge in [0.05, 0.1) is 30.2 Å². The van der Waals surface area contributed by atoms with E-state index in [2.05, 4.69) is 10.3 Å². The Labute approximate surface area is 184 Å². The van der Waals surface area contributed by atoms with Crippen molar-refractivity contribution in [3.63, 3.8) is 0 Å². The van der Waals surface area contributed by atoms with Gasteiger partial charge in [0.2, 0.25) is 5.91 Å². The minimum Gasteiger partial charge on any atom is -0.467 e. The Balaban J connectivity index is 1.62. The van der Waals surface area contributed by atoms with Gasteiger partial charge >= 0.3 is 0 Å². The van der Waals surface area contributed by atoms with Crippen LogP contribution in [-0.2, 0) is 17.9 Å². The molecule has 4 aromatic rings. The number of benzene rings is 1. The molecule has 7 nitrogen and oxygen atoms in total. The molecule has 3 heterocycles. The number of hydrogen-bond acceptors (Lipinski definition) is 4. The number of nitrogens with zero attached hydrogens (tertiary/aromatic N) is 3. The monoisotopic (exact) mass is 438 g/mol. The number of amides is 1. The molecule has 0 unspecified atom stereocenters. The van der Waals surface area contributed by atoms with Crippen LogP contribution in [0, 0.1) is 20.8 Å². The summed E-state index contributed by atoms with van der Waals surface area (Å²) < 4.78 is 8.65. The Morgan fingerprint density at radius 2 is 2.03 bits per heavy atom. The molecule has 1 N–H and O–H groups in total. The van der Waals surface area contributed by atoms with Gasteiger partial charge in [-0.3, -0.25) is 18.7 Å². The number of hydrogen-bond donors (Lipinski definition) is 1. The average Bonchev–Trinajstić information content (AvgIpc) is 3.35. The van der Waals surface area contributed by atoms with Crippen LogP contribution in [0.5, 0.6) is 0 Å². The molecule has 0 spiro atoms. The molecule has 0 atom stereocenters. The van der Waals surface area contributed by atoms with E-state index in [0.717, 1.165) is 22.5 Å². The minimum absolute atomic E-state index is 0.163. The van der Waals surface area contributed by atoms with Gasteiger partial charge in [0.1, 0.15) is 5.76 Å². The smallest absolute Gasteiger partial charge is 0.263 e. The first-order valence-electron chi connectivity index (χ1n) is 9.99. The molecule has 8 heteroatoms. The Bertz CT molecular complexity index is 1320. The van der Waals surface area contributed by atoms with E-state index in [0.29, 0.717) is 28.4 Å². The van der Waals surface area contributed by atoms with Crippen LogP contribution in [0.4, 0.5) is 0 Å². The quantitative estimate of drug-likeness (QED) is 0.492. The molecular formula is C23H23ClN4O3. The van der Waals surface area contributed by atoms with E-state index in [-0.39, 0.29) is 24.4 Å². The zero-order valence-corrected chi connectivity index (χ0v) is 18.4. The van der Waals surface area contributed by atoms with Crippen molar-refractivity contribution in [1.82, 2.24) is 19.4 Å². The summed E-state index contributed by atoms with van der Waals surface area (Å²) in [7, 11) is 0. The minimum atomic E-state index is -0.164. The molecule has 0 aliphatic heterocycles. The number of aryl methyl sites for hydroxylation is 3. The second kappa shape index (κ2) is 8.43. The molecule has 0 saturated carbocycles. The van der Waals surface area contributed by atoms with Crippen LogP contribution < -0.4 is 10.9 Å². The lowest BCUT2D eigenvalue weighted by Gasteiger charge is -2.12. The predicted octanol–water partition coefficient (Wildman–Crippen LogP) is 4.07. The lowest BCUT2D eigenvalue weighted by molar-refractivity contribution is -0.121. The van der Waals surface area contributed by atoms with Gasteiger partial charge in [0, 0.05) is 23.7 Å². The van der Waals surface area contributed by atoms with Crippen molar-refractivity contribution >= 4 is 28.5 Å². The van der Waals surface area contributed by atoms with Crippen molar-refractivity contribution in [3.05, 3.63) is 80.9 Å². The van der Waals surface area contributed by atoms with Crippen LogP contribution in [0.3, 0.4) is 0 Å². The van der Waals surface area contributed by atoms with Crippen molar-refractivity contribution in [1.29, 1.82) is 0 Å². The maximum Gasteiger partial charge on any atom is 0.263 e. The van der Waals surface area contributed by atoms with Crippen molar-refractivity contribution in [2.45, 2.75) is 40.3 Å². The summed E-state index contributed by atoms with van der Waals surface area (Å²) in [6.45, 7) is 6.43. The van der Waals surface area contributed by atoms with Gasteiger partial charge in [-0.15, -0.1) is 0 Å². The maximum absolute atomic E-state index is 13.2. The number of rotatable bonds is 6. The first kappa shape index (κ1) is 20.9. The van der Waals surface area contributed by atoms with Crippen molar-refractivity contribution in [3.8, 4) is 5.69 Å². The van der Waals surface area contributed by atoms with Gasteiger partial charge in [-0.05, 0) is 56.2 Å². The van der Waals surface area contributed by atoms with E-state index in [1.54, 1.807) is 18.4 Å². The third kappa shape index (κ3) is 4.01. The van der Waals surface area contributed by atoms with E-state index in [4.69, 9.17) is 16.0 Å². The highest BCUT2D eigenvalue weighted by molar-refractivity contribution is 6.30. The molecule has 0 radical (unpaired) electrons. The van der Waals surface area contributed by atoms with Crippen LogP contribution >= 0.6 is 11.6 Å². The second-order valence-electron chi connectivity index (χ2n) is 7.52. The fourth-order valence-electron chi connectivity index (χ4n) is 3.67. The summed E-state index contributed by atoms with van der Waals surface area (Å²) in [5.41, 5.74) is 4.14. The van der Waals surface area contributed by atoms with Crippen LogP contribution in [0.15, 0.2) is 52.1 Å². The third-order valence-corrected chi connectivity index (χ3v) is 5.75. The van der Waals surface area contributed by atoms with Crippen LogP contribution in [-0.4, -0.2) is 20.0 Å². The number of halogens is 1. The molecule has 31 heavy (non-hydrogen) atoms. The molecule has 160 valence electrons. The highest BCUT2D eigenvalue weighted by Crippen LogP contribution is 2.28. The zero-order chi connectivity index (χ0) is 22.1. The fraction of sp³-hybridized carbons (Fsp3) is 0.261. The number of furan rings is 1. The van der Waals surface area contributed by atoms with Gasteiger partial charge in [0.25, 0.3) is 5.56 Å². The zero-order valence-electron chi connectivity index (χ0n) is 17.6. The Morgan fingerprint density at radius 3 is 2.77 bits per heavy atom. The Morgan fingerprint density at radius 1 is 1.23 bits per heavy atom. The predicted molar refractivity (Wildman–Crippen MR) is 120 cm³/mol. The van der Waals surface area contributed by atoms with E-state index in [9.17, 15) is 9.59 Å². The number of carbonyl (C=O) groups is 1. The average molecular weight is 439 g/mol. The second-order valence-corrected chi connectivity index (χ2v) is 7.96. The van der Waals surface area contributed by atoms with Gasteiger partial charge in [-0.25, -0.2) is 4.98 Å². The molecule has 1 aromatic carbocycles. The highest BCUT2D eigenvalue weighted by Gasteiger charge is 2.19. The summed E-state index contributed by atoms with van der Waals surface area (Å²) in [6.07, 6.45) is 3.23. The number of nitrogens with one attached hydrogen (secondary N) is 1. The molecular weight excluding hydrogens is 416 g/mol. The molecule has 1 amide bonds. The molecule has 0 bridgehead atoms. The molecule has 0 aliphatic carbocycles. The van der Waals surface area contributed by atoms with Gasteiger partial charge < -0.3 is 9.73 Å². The molecule has 0 saturated heterocycles. The fourth-order valence-corrected chi connectivity index (χ4v) is 3.84. The van der Waals surface area contributed by atoms with E-state index in [1.807, 2.05) is 43.5 Å². The summed E-state index contributed by atoms with van der Waals surface area (Å²) >= 11 is 6.22. The lowest BCUT2D eigenvalue weighted by atomic mass is 10.2. The van der Waals surface area contributed by atoms with E-state index < -0.39 is 0 Å². The van der Waals surface area contributed by atoms with Gasteiger partial charge in [-0.2, -0.15) is 0 Å². The Kier molecular flexibility index (Phi) is 5.69. The highest BCUT2D eigenvalue weighted by atomic mass is 35.5. The van der Waals surface area contributed by atoms with E-state index >= 15 is 0 Å². The topological polar surface area (TPSA) is 82.1 Å².